The molecule has 134 valence electrons. The summed E-state index contributed by atoms with van der Waals surface area (Å²) in [5.74, 6) is 1.73. The molecule has 2 aliphatic rings. The summed E-state index contributed by atoms with van der Waals surface area (Å²) in [5, 5.41) is 3.22. The van der Waals surface area contributed by atoms with Crippen molar-refractivity contribution in [2.24, 2.45) is 13.0 Å². The van der Waals surface area contributed by atoms with Crippen molar-refractivity contribution in [1.29, 1.82) is 0 Å². The van der Waals surface area contributed by atoms with E-state index in [-0.39, 0.29) is 5.91 Å². The molecule has 6 nitrogen and oxygen atoms in total. The number of hydrogen-bond donors (Lipinski definition) is 1. The fourth-order valence-electron chi connectivity index (χ4n) is 4.25. The fourth-order valence-corrected chi connectivity index (χ4v) is 4.25. The number of piperidine rings is 1. The summed E-state index contributed by atoms with van der Waals surface area (Å²) in [6.45, 7) is 1.91. The summed E-state index contributed by atoms with van der Waals surface area (Å²) in [6, 6.07) is 4.36. The molecule has 0 bridgehead atoms. The lowest BCUT2D eigenvalue weighted by Crippen LogP contribution is -2.38. The molecular formula is C19H27N5O. The Bertz CT molecular complexity index is 741. The molecule has 4 rings (SSSR count). The number of anilines is 1. The van der Waals surface area contributed by atoms with Crippen molar-refractivity contribution in [2.45, 2.75) is 51.0 Å². The predicted octanol–water partition coefficient (Wildman–Crippen LogP) is 2.63. The molecule has 2 fully saturated rings. The van der Waals surface area contributed by atoms with Gasteiger partial charge in [0.2, 0.25) is 11.9 Å². The highest BCUT2D eigenvalue weighted by Gasteiger charge is 2.25. The molecule has 0 aromatic carbocycles. The molecule has 3 heterocycles. The highest BCUT2D eigenvalue weighted by molar-refractivity contribution is 5.76. The molecule has 6 heteroatoms. The van der Waals surface area contributed by atoms with E-state index in [0.717, 1.165) is 55.9 Å². The van der Waals surface area contributed by atoms with E-state index in [1.165, 1.54) is 12.8 Å². The van der Waals surface area contributed by atoms with E-state index >= 15 is 0 Å². The second-order valence-electron chi connectivity index (χ2n) is 7.50. The molecule has 1 aliphatic heterocycles. The molecule has 25 heavy (non-hydrogen) atoms. The average molecular weight is 341 g/mol. The van der Waals surface area contributed by atoms with E-state index in [0.29, 0.717) is 18.4 Å². The van der Waals surface area contributed by atoms with Crippen molar-refractivity contribution in [1.82, 2.24) is 19.9 Å². The van der Waals surface area contributed by atoms with Gasteiger partial charge >= 0.3 is 0 Å². The molecule has 0 radical (unpaired) electrons. The minimum atomic E-state index is 0.247. The highest BCUT2D eigenvalue weighted by Crippen LogP contribution is 2.27. The molecule has 2 aromatic rings. The third-order valence-electron chi connectivity index (χ3n) is 5.70. The number of nitrogens with one attached hydrogen (secondary N) is 1. The van der Waals surface area contributed by atoms with Gasteiger partial charge in [0.05, 0.1) is 0 Å². The van der Waals surface area contributed by atoms with Crippen LogP contribution in [0.1, 0.15) is 44.9 Å². The monoisotopic (exact) mass is 341 g/mol. The van der Waals surface area contributed by atoms with Crippen LogP contribution < -0.4 is 10.2 Å². The van der Waals surface area contributed by atoms with Gasteiger partial charge in [-0.15, -0.1) is 0 Å². The molecule has 1 saturated heterocycles. The molecule has 1 amide bonds. The quantitative estimate of drug-likeness (QED) is 0.928. The Morgan fingerprint density at radius 1 is 1.24 bits per heavy atom. The normalized spacial score (nSPS) is 19.6. The Morgan fingerprint density at radius 2 is 2.00 bits per heavy atom. The lowest BCUT2D eigenvalue weighted by atomic mass is 9.93. The second kappa shape index (κ2) is 7.02. The van der Waals surface area contributed by atoms with Crippen LogP contribution in [0.4, 0.5) is 5.95 Å². The van der Waals surface area contributed by atoms with Crippen LogP contribution in [0.15, 0.2) is 18.3 Å². The van der Waals surface area contributed by atoms with Gasteiger partial charge in [-0.25, -0.2) is 9.97 Å². The maximum Gasteiger partial charge on any atom is 0.220 e. The first-order valence-electron chi connectivity index (χ1n) is 9.52. The summed E-state index contributed by atoms with van der Waals surface area (Å²) in [5.41, 5.74) is 1.87. The molecule has 0 unspecified atom stereocenters. The van der Waals surface area contributed by atoms with Gasteiger partial charge in [0.1, 0.15) is 5.52 Å². The van der Waals surface area contributed by atoms with Crippen LogP contribution in [-0.2, 0) is 11.8 Å². The first kappa shape index (κ1) is 16.4. The lowest BCUT2D eigenvalue weighted by Gasteiger charge is -2.32. The van der Waals surface area contributed by atoms with Gasteiger partial charge < -0.3 is 10.2 Å². The van der Waals surface area contributed by atoms with Crippen LogP contribution in [-0.4, -0.2) is 39.6 Å². The third kappa shape index (κ3) is 3.48. The lowest BCUT2D eigenvalue weighted by molar-refractivity contribution is -0.122. The Balaban J connectivity index is 1.33. The van der Waals surface area contributed by atoms with E-state index in [1.54, 1.807) is 0 Å². The number of amides is 1. The first-order valence-corrected chi connectivity index (χ1v) is 9.52. The van der Waals surface area contributed by atoms with Crippen molar-refractivity contribution in [3.8, 4) is 0 Å². The Kier molecular flexibility index (Phi) is 4.59. The molecule has 2 aromatic heterocycles. The number of imidazole rings is 1. The fraction of sp³-hybridized carbons (Fsp3) is 0.632. The van der Waals surface area contributed by atoms with Crippen LogP contribution in [0.25, 0.3) is 11.2 Å². The number of rotatable bonds is 4. The second-order valence-corrected chi connectivity index (χ2v) is 7.50. The minimum absolute atomic E-state index is 0.247. The average Bonchev–Trinajstić information content (AvgIpc) is 3.24. The van der Waals surface area contributed by atoms with Crippen molar-refractivity contribution < 1.29 is 4.79 Å². The Hall–Kier alpha value is -2.11. The van der Waals surface area contributed by atoms with Crippen LogP contribution in [0, 0.1) is 5.92 Å². The maximum atomic E-state index is 12.2. The van der Waals surface area contributed by atoms with Crippen LogP contribution >= 0.6 is 0 Å². The Labute approximate surface area is 148 Å². The molecule has 1 aliphatic carbocycles. The molecule has 1 saturated carbocycles. The number of nitrogens with zero attached hydrogens (tertiary/aromatic N) is 4. The number of carbonyl (C=O) groups is 1. The number of fused-ring (bicyclic) bond motifs is 1. The van der Waals surface area contributed by atoms with E-state index in [9.17, 15) is 4.79 Å². The zero-order valence-electron chi connectivity index (χ0n) is 14.9. The third-order valence-corrected chi connectivity index (χ3v) is 5.70. The van der Waals surface area contributed by atoms with Crippen LogP contribution in [0.5, 0.6) is 0 Å². The topological polar surface area (TPSA) is 63.1 Å². The summed E-state index contributed by atoms with van der Waals surface area (Å²) >= 11 is 0. The summed E-state index contributed by atoms with van der Waals surface area (Å²) < 4.78 is 2.07. The van der Waals surface area contributed by atoms with Crippen LogP contribution in [0.3, 0.4) is 0 Å². The van der Waals surface area contributed by atoms with E-state index in [2.05, 4.69) is 19.8 Å². The van der Waals surface area contributed by atoms with E-state index < -0.39 is 0 Å². The van der Waals surface area contributed by atoms with Crippen LogP contribution in [0.2, 0.25) is 0 Å². The predicted molar refractivity (Wildman–Crippen MR) is 98.5 cm³/mol. The summed E-state index contributed by atoms with van der Waals surface area (Å²) in [6.07, 6.45) is 9.42. The zero-order valence-corrected chi connectivity index (χ0v) is 14.9. The van der Waals surface area contributed by atoms with Gasteiger partial charge in [-0.05, 0) is 43.7 Å². The van der Waals surface area contributed by atoms with Crippen molar-refractivity contribution in [3.63, 3.8) is 0 Å². The van der Waals surface area contributed by atoms with Crippen molar-refractivity contribution >= 4 is 23.0 Å². The minimum Gasteiger partial charge on any atom is -0.353 e. The van der Waals surface area contributed by atoms with Gasteiger partial charge in [-0.3, -0.25) is 9.36 Å². The SMILES string of the molecule is Cn1c(N2CCC(CC(=O)NC3CCCC3)CC2)nc2cccnc21. The number of aromatic nitrogens is 3. The number of carbonyl (C=O) groups excluding carboxylic acids is 1. The highest BCUT2D eigenvalue weighted by atomic mass is 16.1. The van der Waals surface area contributed by atoms with E-state index in [1.807, 2.05) is 25.4 Å². The van der Waals surface area contributed by atoms with Gasteiger partial charge in [-0.1, -0.05) is 12.8 Å². The molecule has 0 atom stereocenters. The number of pyridine rings is 1. The largest absolute Gasteiger partial charge is 0.353 e. The number of hydrogen-bond acceptors (Lipinski definition) is 4. The van der Waals surface area contributed by atoms with Gasteiger partial charge in [0.15, 0.2) is 5.65 Å². The molecular weight excluding hydrogens is 314 g/mol. The maximum absolute atomic E-state index is 12.2. The van der Waals surface area contributed by atoms with Gasteiger partial charge in [-0.2, -0.15) is 0 Å². The summed E-state index contributed by atoms with van der Waals surface area (Å²) in [4.78, 5) is 23.7. The molecule has 0 spiro atoms. The van der Waals surface area contributed by atoms with Gasteiger partial charge in [0, 0.05) is 38.8 Å². The van der Waals surface area contributed by atoms with E-state index in [4.69, 9.17) is 4.98 Å². The molecule has 1 N–H and O–H groups in total. The smallest absolute Gasteiger partial charge is 0.220 e. The first-order chi connectivity index (χ1) is 12.2. The van der Waals surface area contributed by atoms with Crippen molar-refractivity contribution in [3.05, 3.63) is 18.3 Å². The van der Waals surface area contributed by atoms with Crippen molar-refractivity contribution in [2.75, 3.05) is 18.0 Å². The summed E-state index contributed by atoms with van der Waals surface area (Å²) in [7, 11) is 2.03. The Morgan fingerprint density at radius 3 is 2.72 bits per heavy atom. The zero-order chi connectivity index (χ0) is 17.2. The number of aryl methyl sites for hydroxylation is 1. The standard InChI is InChI=1S/C19H27N5O/c1-23-18-16(7-4-10-20-18)22-19(23)24-11-8-14(9-12-24)13-17(25)21-15-5-2-3-6-15/h4,7,10,14-15H,2-3,5-6,8-9,11-13H2,1H3,(H,21,25). The van der Waals surface area contributed by atoms with Gasteiger partial charge in [0.25, 0.3) is 0 Å².